The minimum absolute atomic E-state index is 0.145. The topological polar surface area (TPSA) is 9.23 Å². The first kappa shape index (κ1) is 19.4. The predicted molar refractivity (Wildman–Crippen MR) is 92.2 cm³/mol. The molecule has 3 rings (SSSR count). The second kappa shape index (κ2) is 7.71. The minimum Gasteiger partial charge on any atom is -0.429 e. The SMILES string of the molecule is C=C[C@H]1CC[C@H](c2ccc(OC(F)(F)c3cc(F)c(F)c(F)c3)cc2)CC1. The Morgan fingerprint density at radius 3 is 2.00 bits per heavy atom. The van der Waals surface area contributed by atoms with E-state index in [0.29, 0.717) is 11.8 Å². The van der Waals surface area contributed by atoms with E-state index in [-0.39, 0.29) is 17.9 Å². The van der Waals surface area contributed by atoms with Crippen LogP contribution in [0.1, 0.15) is 42.7 Å². The predicted octanol–water partition coefficient (Wildman–Crippen LogP) is 6.69. The lowest BCUT2D eigenvalue weighted by atomic mass is 9.79. The van der Waals surface area contributed by atoms with Gasteiger partial charge in [-0.25, -0.2) is 13.2 Å². The fraction of sp³-hybridized carbons (Fsp3) is 0.333. The van der Waals surface area contributed by atoms with Crippen molar-refractivity contribution in [3.63, 3.8) is 0 Å². The van der Waals surface area contributed by atoms with E-state index >= 15 is 0 Å². The standard InChI is InChI=1S/C21H19F5O/c1-2-13-3-5-14(6-4-13)15-7-9-17(10-8-15)27-21(25,26)16-11-18(22)20(24)19(23)12-16/h2,7-14H,1,3-6H2/t13-,14-. The number of alkyl halides is 2. The lowest BCUT2D eigenvalue weighted by molar-refractivity contribution is -0.185. The van der Waals surface area contributed by atoms with Gasteiger partial charge in [-0.2, -0.15) is 8.78 Å². The molecule has 27 heavy (non-hydrogen) atoms. The van der Waals surface area contributed by atoms with Crippen LogP contribution >= 0.6 is 0 Å². The Labute approximate surface area is 154 Å². The highest BCUT2D eigenvalue weighted by molar-refractivity contribution is 5.31. The molecule has 0 spiro atoms. The first-order valence-corrected chi connectivity index (χ1v) is 8.74. The van der Waals surface area contributed by atoms with Crippen LogP contribution in [0.25, 0.3) is 0 Å². The Morgan fingerprint density at radius 1 is 0.926 bits per heavy atom. The van der Waals surface area contributed by atoms with Gasteiger partial charge < -0.3 is 4.74 Å². The van der Waals surface area contributed by atoms with Crippen molar-refractivity contribution in [2.75, 3.05) is 0 Å². The Balaban J connectivity index is 1.71. The van der Waals surface area contributed by atoms with Gasteiger partial charge in [-0.15, -0.1) is 6.58 Å². The van der Waals surface area contributed by atoms with Crippen molar-refractivity contribution in [3.8, 4) is 5.75 Å². The van der Waals surface area contributed by atoms with Crippen molar-refractivity contribution < 1.29 is 26.7 Å². The minimum atomic E-state index is -4.00. The lowest BCUT2D eigenvalue weighted by Crippen LogP contribution is -2.22. The van der Waals surface area contributed by atoms with Gasteiger partial charge in [0.25, 0.3) is 0 Å². The van der Waals surface area contributed by atoms with Crippen molar-refractivity contribution in [1.82, 2.24) is 0 Å². The third kappa shape index (κ3) is 4.31. The van der Waals surface area contributed by atoms with Crippen LogP contribution in [0.2, 0.25) is 0 Å². The number of ether oxygens (including phenoxy) is 1. The van der Waals surface area contributed by atoms with Crippen molar-refractivity contribution in [2.24, 2.45) is 5.92 Å². The van der Waals surface area contributed by atoms with Crippen molar-refractivity contribution in [2.45, 2.75) is 37.7 Å². The summed E-state index contributed by atoms with van der Waals surface area (Å²) in [7, 11) is 0. The van der Waals surface area contributed by atoms with Gasteiger partial charge in [0.2, 0.25) is 0 Å². The lowest BCUT2D eigenvalue weighted by Gasteiger charge is -2.27. The highest BCUT2D eigenvalue weighted by Crippen LogP contribution is 2.38. The van der Waals surface area contributed by atoms with Gasteiger partial charge in [-0.3, -0.25) is 0 Å². The summed E-state index contributed by atoms with van der Waals surface area (Å²) in [5.41, 5.74) is -0.0576. The zero-order chi connectivity index (χ0) is 19.6. The number of rotatable bonds is 5. The smallest absolute Gasteiger partial charge is 0.426 e. The van der Waals surface area contributed by atoms with E-state index < -0.39 is 29.1 Å². The maximum atomic E-state index is 14.2. The molecule has 0 unspecified atom stereocenters. The van der Waals surface area contributed by atoms with E-state index in [1.54, 1.807) is 12.1 Å². The van der Waals surface area contributed by atoms with Gasteiger partial charge in [-0.05, 0) is 67.3 Å². The summed E-state index contributed by atoms with van der Waals surface area (Å²) in [6, 6.07) is 6.69. The number of hydrogen-bond acceptors (Lipinski definition) is 1. The zero-order valence-electron chi connectivity index (χ0n) is 14.5. The monoisotopic (exact) mass is 382 g/mol. The molecular formula is C21H19F5O. The number of hydrogen-bond donors (Lipinski definition) is 0. The average molecular weight is 382 g/mol. The van der Waals surface area contributed by atoms with Crippen LogP contribution in [0.3, 0.4) is 0 Å². The summed E-state index contributed by atoms with van der Waals surface area (Å²) in [5.74, 6) is -4.45. The van der Waals surface area contributed by atoms with E-state index in [0.717, 1.165) is 31.2 Å². The van der Waals surface area contributed by atoms with E-state index in [2.05, 4.69) is 11.3 Å². The molecule has 2 aromatic carbocycles. The Morgan fingerprint density at radius 2 is 1.48 bits per heavy atom. The summed E-state index contributed by atoms with van der Waals surface area (Å²) >= 11 is 0. The molecule has 144 valence electrons. The van der Waals surface area contributed by atoms with E-state index in [4.69, 9.17) is 0 Å². The summed E-state index contributed by atoms with van der Waals surface area (Å²) in [6.45, 7) is 3.81. The molecule has 0 atom stereocenters. The van der Waals surface area contributed by atoms with Crippen LogP contribution in [-0.2, 0) is 6.11 Å². The number of benzene rings is 2. The van der Waals surface area contributed by atoms with Gasteiger partial charge in [0, 0.05) is 0 Å². The largest absolute Gasteiger partial charge is 0.429 e. The molecule has 0 bridgehead atoms. The first-order valence-electron chi connectivity index (χ1n) is 8.74. The first-order chi connectivity index (χ1) is 12.8. The fourth-order valence-electron chi connectivity index (χ4n) is 3.43. The number of halogens is 5. The molecule has 0 aromatic heterocycles. The molecular weight excluding hydrogens is 363 g/mol. The highest BCUT2D eigenvalue weighted by atomic mass is 19.3. The molecule has 1 nitrogen and oxygen atoms in total. The van der Waals surface area contributed by atoms with Crippen LogP contribution in [0.5, 0.6) is 5.75 Å². The van der Waals surface area contributed by atoms with E-state index in [1.165, 1.54) is 12.1 Å². The second-order valence-corrected chi connectivity index (χ2v) is 6.79. The Hall–Kier alpha value is -2.37. The van der Waals surface area contributed by atoms with Crippen LogP contribution in [-0.4, -0.2) is 0 Å². The molecule has 1 fully saturated rings. The molecule has 0 amide bonds. The Kier molecular flexibility index (Phi) is 5.53. The maximum Gasteiger partial charge on any atom is 0.426 e. The van der Waals surface area contributed by atoms with Crippen LogP contribution in [0.4, 0.5) is 22.0 Å². The van der Waals surface area contributed by atoms with Gasteiger partial charge in [0.05, 0.1) is 5.56 Å². The van der Waals surface area contributed by atoms with Crippen molar-refractivity contribution in [3.05, 3.63) is 77.6 Å². The van der Waals surface area contributed by atoms with Gasteiger partial charge >= 0.3 is 6.11 Å². The van der Waals surface area contributed by atoms with Gasteiger partial charge in [0.15, 0.2) is 17.5 Å². The highest BCUT2D eigenvalue weighted by Gasteiger charge is 2.36. The zero-order valence-corrected chi connectivity index (χ0v) is 14.5. The second-order valence-electron chi connectivity index (χ2n) is 6.79. The molecule has 0 saturated heterocycles. The quantitative estimate of drug-likeness (QED) is 0.318. The fourth-order valence-corrected chi connectivity index (χ4v) is 3.43. The van der Waals surface area contributed by atoms with Crippen LogP contribution in [0.15, 0.2) is 49.1 Å². The number of allylic oxidation sites excluding steroid dienone is 1. The van der Waals surface area contributed by atoms with Crippen LogP contribution in [0, 0.1) is 23.4 Å². The molecule has 1 aliphatic rings. The molecule has 1 saturated carbocycles. The third-order valence-electron chi connectivity index (χ3n) is 5.02. The van der Waals surface area contributed by atoms with Crippen molar-refractivity contribution >= 4 is 0 Å². The molecule has 0 aliphatic heterocycles. The molecule has 1 aliphatic carbocycles. The summed E-state index contributed by atoms with van der Waals surface area (Å²) in [4.78, 5) is 0. The normalized spacial score (nSPS) is 20.3. The summed E-state index contributed by atoms with van der Waals surface area (Å²) < 4.78 is 72.4. The van der Waals surface area contributed by atoms with E-state index in [1.807, 2.05) is 6.08 Å². The molecule has 0 heterocycles. The third-order valence-corrected chi connectivity index (χ3v) is 5.02. The maximum absolute atomic E-state index is 14.2. The summed E-state index contributed by atoms with van der Waals surface area (Å²) in [6.07, 6.45) is 2.07. The molecule has 0 radical (unpaired) electrons. The van der Waals surface area contributed by atoms with E-state index in [9.17, 15) is 22.0 Å². The molecule has 0 N–H and O–H groups in total. The van der Waals surface area contributed by atoms with Gasteiger partial charge in [0.1, 0.15) is 5.75 Å². The molecule has 6 heteroatoms. The van der Waals surface area contributed by atoms with Gasteiger partial charge in [-0.1, -0.05) is 18.2 Å². The average Bonchev–Trinajstić information content (AvgIpc) is 2.66. The molecule has 2 aromatic rings. The Bertz CT molecular complexity index is 785. The van der Waals surface area contributed by atoms with Crippen LogP contribution < -0.4 is 4.74 Å². The summed E-state index contributed by atoms with van der Waals surface area (Å²) in [5, 5.41) is 0. The van der Waals surface area contributed by atoms with Crippen molar-refractivity contribution in [1.29, 1.82) is 0 Å².